The first kappa shape index (κ1) is 9.49. The summed E-state index contributed by atoms with van der Waals surface area (Å²) >= 11 is 0. The van der Waals surface area contributed by atoms with Gasteiger partial charge in [-0.15, -0.1) is 0 Å². The van der Waals surface area contributed by atoms with E-state index in [-0.39, 0.29) is 0 Å². The summed E-state index contributed by atoms with van der Waals surface area (Å²) < 4.78 is 6.63. The highest BCUT2D eigenvalue weighted by molar-refractivity contribution is 5.61. The Morgan fingerprint density at radius 3 is 3.20 bits per heavy atom. The number of hydrogen-bond acceptors (Lipinski definition) is 4. The molecule has 2 heterocycles. The molecule has 5 heteroatoms. The molecule has 0 saturated carbocycles. The number of aromatic nitrogens is 3. The van der Waals surface area contributed by atoms with E-state index in [9.17, 15) is 0 Å². The fourth-order valence-electron chi connectivity index (χ4n) is 1.23. The lowest BCUT2D eigenvalue weighted by atomic mass is 10.4. The molecule has 0 fully saturated rings. The van der Waals surface area contributed by atoms with Crippen molar-refractivity contribution in [2.24, 2.45) is 0 Å². The van der Waals surface area contributed by atoms with Crippen molar-refractivity contribution in [1.82, 2.24) is 14.4 Å². The largest absolute Gasteiger partial charge is 0.381 e. The van der Waals surface area contributed by atoms with Crippen LogP contribution in [-0.4, -0.2) is 28.1 Å². The van der Waals surface area contributed by atoms with E-state index in [0.717, 1.165) is 5.69 Å². The van der Waals surface area contributed by atoms with Crippen molar-refractivity contribution in [2.45, 2.75) is 0 Å². The zero-order valence-corrected chi connectivity index (χ0v) is 8.27. The number of methoxy groups -OCH3 is 1. The van der Waals surface area contributed by atoms with Gasteiger partial charge in [-0.3, -0.25) is 4.40 Å². The van der Waals surface area contributed by atoms with Crippen molar-refractivity contribution >= 4 is 11.5 Å². The van der Waals surface area contributed by atoms with E-state index >= 15 is 0 Å². The predicted molar refractivity (Wildman–Crippen MR) is 56.2 cm³/mol. The van der Waals surface area contributed by atoms with Gasteiger partial charge in [0.05, 0.1) is 6.20 Å². The number of hydrogen-bond donors (Lipinski definition) is 1. The molecule has 0 aliphatic rings. The molecule has 0 amide bonds. The highest BCUT2D eigenvalue weighted by Gasteiger charge is 2.03. The highest BCUT2D eigenvalue weighted by Crippen LogP contribution is 2.09. The minimum absolute atomic E-state index is 0.397. The molecule has 0 radical (unpaired) electrons. The number of imidazole rings is 1. The molecule has 76 valence electrons. The molecule has 2 N–H and O–H groups in total. The quantitative estimate of drug-likeness (QED) is 0.676. The minimum atomic E-state index is 0.397. The molecule has 2 rings (SSSR count). The van der Waals surface area contributed by atoms with Crippen LogP contribution in [0.1, 0.15) is 5.69 Å². The van der Waals surface area contributed by atoms with Crippen molar-refractivity contribution in [2.75, 3.05) is 19.5 Å². The standard InChI is InChI=1S/C10H10N4O/c1-15-6-2-3-8-7-13-10-9(11)12-4-5-14(8)10/h4-5,7H,6H2,1H3,(H2,11,12). The SMILES string of the molecule is COCC#Cc1cnc2c(N)nccn12. The van der Waals surface area contributed by atoms with Crippen LogP contribution >= 0.6 is 0 Å². The van der Waals surface area contributed by atoms with Crippen LogP contribution in [0.4, 0.5) is 5.82 Å². The predicted octanol–water partition coefficient (Wildman–Crippen LogP) is 0.309. The monoisotopic (exact) mass is 202 g/mol. The van der Waals surface area contributed by atoms with Crippen LogP contribution in [0.15, 0.2) is 18.6 Å². The molecule has 0 aliphatic carbocycles. The fraction of sp³-hybridized carbons (Fsp3) is 0.200. The van der Waals surface area contributed by atoms with Gasteiger partial charge in [0.2, 0.25) is 0 Å². The Morgan fingerprint density at radius 2 is 2.40 bits per heavy atom. The number of nitrogen functional groups attached to an aromatic ring is 1. The summed E-state index contributed by atoms with van der Waals surface area (Å²) in [5, 5.41) is 0. The van der Waals surface area contributed by atoms with Gasteiger partial charge in [0.25, 0.3) is 0 Å². The minimum Gasteiger partial charge on any atom is -0.381 e. The topological polar surface area (TPSA) is 65.4 Å². The van der Waals surface area contributed by atoms with E-state index in [2.05, 4.69) is 21.8 Å². The van der Waals surface area contributed by atoms with Gasteiger partial charge in [-0.05, 0) is 5.92 Å². The Balaban J connectivity index is 2.47. The normalized spacial score (nSPS) is 9.93. The van der Waals surface area contributed by atoms with Gasteiger partial charge in [-0.25, -0.2) is 9.97 Å². The van der Waals surface area contributed by atoms with Crippen molar-refractivity contribution < 1.29 is 4.74 Å². The molecule has 0 atom stereocenters. The van der Waals surface area contributed by atoms with Gasteiger partial charge in [-0.1, -0.05) is 5.92 Å². The lowest BCUT2D eigenvalue weighted by Crippen LogP contribution is -1.96. The third kappa shape index (κ3) is 1.75. The number of nitrogens with zero attached hydrogens (tertiary/aromatic N) is 3. The Morgan fingerprint density at radius 1 is 1.53 bits per heavy atom. The average Bonchev–Trinajstić information content (AvgIpc) is 2.64. The van der Waals surface area contributed by atoms with Crippen LogP contribution in [0.3, 0.4) is 0 Å². The lowest BCUT2D eigenvalue weighted by Gasteiger charge is -1.96. The van der Waals surface area contributed by atoms with E-state index in [1.165, 1.54) is 0 Å². The Labute approximate surface area is 86.9 Å². The smallest absolute Gasteiger partial charge is 0.180 e. The van der Waals surface area contributed by atoms with Crippen LogP contribution < -0.4 is 5.73 Å². The molecule has 2 aromatic heterocycles. The molecular formula is C10H10N4O. The summed E-state index contributed by atoms with van der Waals surface area (Å²) in [7, 11) is 1.60. The number of ether oxygens (including phenoxy) is 1. The van der Waals surface area contributed by atoms with Gasteiger partial charge >= 0.3 is 0 Å². The van der Waals surface area contributed by atoms with Gasteiger partial charge in [0, 0.05) is 19.5 Å². The number of nitrogens with two attached hydrogens (primary N) is 1. The molecule has 0 unspecified atom stereocenters. The zero-order chi connectivity index (χ0) is 10.7. The molecule has 5 nitrogen and oxygen atoms in total. The van der Waals surface area contributed by atoms with Gasteiger partial charge < -0.3 is 10.5 Å². The molecule has 0 spiro atoms. The molecular weight excluding hydrogens is 192 g/mol. The van der Waals surface area contributed by atoms with Gasteiger partial charge in [0.1, 0.15) is 12.3 Å². The molecule has 0 aromatic carbocycles. The van der Waals surface area contributed by atoms with Crippen molar-refractivity contribution in [3.8, 4) is 11.8 Å². The first-order valence-corrected chi connectivity index (χ1v) is 4.38. The first-order chi connectivity index (χ1) is 7.33. The first-order valence-electron chi connectivity index (χ1n) is 4.38. The molecule has 2 aromatic rings. The van der Waals surface area contributed by atoms with Crippen LogP contribution in [0.5, 0.6) is 0 Å². The summed E-state index contributed by atoms with van der Waals surface area (Å²) in [6.45, 7) is 0.397. The van der Waals surface area contributed by atoms with Crippen molar-refractivity contribution in [1.29, 1.82) is 0 Å². The second-order valence-corrected chi connectivity index (χ2v) is 2.88. The highest BCUT2D eigenvalue weighted by atomic mass is 16.5. The Hall–Kier alpha value is -2.06. The second kappa shape index (κ2) is 3.98. The fourth-order valence-corrected chi connectivity index (χ4v) is 1.23. The molecule has 0 aliphatic heterocycles. The van der Waals surface area contributed by atoms with Crippen LogP contribution in [0.2, 0.25) is 0 Å². The van der Waals surface area contributed by atoms with Crippen molar-refractivity contribution in [3.05, 3.63) is 24.3 Å². The third-order valence-electron chi connectivity index (χ3n) is 1.89. The maximum absolute atomic E-state index is 5.66. The lowest BCUT2D eigenvalue weighted by molar-refractivity contribution is 0.240. The van der Waals surface area contributed by atoms with Crippen molar-refractivity contribution in [3.63, 3.8) is 0 Å². The summed E-state index contributed by atoms with van der Waals surface area (Å²) in [5.41, 5.74) is 7.06. The van der Waals surface area contributed by atoms with E-state index in [1.54, 1.807) is 30.1 Å². The van der Waals surface area contributed by atoms with Gasteiger partial charge in [0.15, 0.2) is 11.5 Å². The van der Waals surface area contributed by atoms with Crippen LogP contribution in [0.25, 0.3) is 5.65 Å². The molecule has 0 saturated heterocycles. The maximum Gasteiger partial charge on any atom is 0.180 e. The van der Waals surface area contributed by atoms with Crippen LogP contribution in [-0.2, 0) is 4.74 Å². The Kier molecular flexibility index (Phi) is 2.52. The number of rotatable bonds is 1. The van der Waals surface area contributed by atoms with Gasteiger partial charge in [-0.2, -0.15) is 0 Å². The summed E-state index contributed by atoms with van der Waals surface area (Å²) in [6.07, 6.45) is 5.05. The Bertz CT molecular complexity index is 535. The van der Waals surface area contributed by atoms with E-state index in [0.29, 0.717) is 18.1 Å². The average molecular weight is 202 g/mol. The van der Waals surface area contributed by atoms with Crippen LogP contribution in [0, 0.1) is 11.8 Å². The second-order valence-electron chi connectivity index (χ2n) is 2.88. The zero-order valence-electron chi connectivity index (χ0n) is 8.27. The third-order valence-corrected chi connectivity index (χ3v) is 1.89. The molecule has 15 heavy (non-hydrogen) atoms. The number of anilines is 1. The molecule has 0 bridgehead atoms. The van der Waals surface area contributed by atoms with E-state index < -0.39 is 0 Å². The summed E-state index contributed by atoms with van der Waals surface area (Å²) in [5.74, 6) is 6.19. The van der Waals surface area contributed by atoms with E-state index in [1.807, 2.05) is 0 Å². The summed E-state index contributed by atoms with van der Waals surface area (Å²) in [4.78, 5) is 8.07. The number of fused-ring (bicyclic) bond motifs is 1. The summed E-state index contributed by atoms with van der Waals surface area (Å²) in [6, 6.07) is 0. The van der Waals surface area contributed by atoms with E-state index in [4.69, 9.17) is 10.5 Å². The maximum atomic E-state index is 5.66.